The van der Waals surface area contributed by atoms with Crippen LogP contribution in [-0.4, -0.2) is 0 Å². The molecule has 0 amide bonds. The van der Waals surface area contributed by atoms with E-state index in [2.05, 4.69) is 0 Å². The van der Waals surface area contributed by atoms with Crippen molar-refractivity contribution in [3.8, 4) is 0 Å². The maximum absolute atomic E-state index is 13.8. The second kappa shape index (κ2) is 38.2. The molecule has 0 N–H and O–H groups in total. The fourth-order valence-corrected chi connectivity index (χ4v) is 20.1. The molecule has 93 heavy (non-hydrogen) atoms. The number of hydrogen-bond acceptors (Lipinski definition) is 12. The van der Waals surface area contributed by atoms with E-state index in [0.717, 1.165) is 63.7 Å². The minimum Gasteiger partial charge on any atom is -2.00 e. The second-order valence-corrected chi connectivity index (χ2v) is 31.8. The van der Waals surface area contributed by atoms with Crippen molar-refractivity contribution in [2.45, 2.75) is 0 Å². The van der Waals surface area contributed by atoms with E-state index >= 15 is 0 Å². The molecule has 0 bridgehead atoms. The second-order valence-electron chi connectivity index (χ2n) is 19.2. The van der Waals surface area contributed by atoms with Crippen molar-refractivity contribution in [3.63, 3.8) is 0 Å². The van der Waals surface area contributed by atoms with Gasteiger partial charge in [0.15, 0.2) is 28.6 Å². The van der Waals surface area contributed by atoms with Crippen molar-refractivity contribution in [2.75, 3.05) is 0 Å². The number of benzene rings is 12. The Morgan fingerprint density at radius 3 is 0.269 bits per heavy atom. The quantitative estimate of drug-likeness (QED) is 0.159. The van der Waals surface area contributed by atoms with Crippen LogP contribution in [0.25, 0.3) is 0 Å². The molecule has 14 nitrogen and oxygen atoms in total. The van der Waals surface area contributed by atoms with Gasteiger partial charge in [0.05, 0.1) is 0 Å². The summed E-state index contributed by atoms with van der Waals surface area (Å²) >= 11 is 0. The van der Waals surface area contributed by atoms with Gasteiger partial charge in [0.2, 0.25) is 0 Å². The predicted molar refractivity (Wildman–Crippen MR) is 345 cm³/mol. The summed E-state index contributed by atoms with van der Waals surface area (Å²) < 4.78 is 123. The van der Waals surface area contributed by atoms with E-state index in [1.54, 1.807) is 0 Å². The number of hydrogen-bond donors (Lipinski definition) is 0. The van der Waals surface area contributed by atoms with Crippen LogP contribution in [0, 0.1) is 51.6 Å². The van der Waals surface area contributed by atoms with Gasteiger partial charge in [0.1, 0.15) is 0 Å². The van der Waals surface area contributed by atoms with Crippen molar-refractivity contribution in [1.29, 1.82) is 0 Å². The molecule has 0 aliphatic rings. The Kier molecular flexibility index (Phi) is 32.2. The third-order valence-electron chi connectivity index (χ3n) is 13.4. The molecule has 0 atom stereocenters. The van der Waals surface area contributed by atoms with Gasteiger partial charge in [-0.3, -0.25) is 0 Å². The van der Waals surface area contributed by atoms with Crippen LogP contribution < -0.4 is 101 Å². The van der Waals surface area contributed by atoms with E-state index in [9.17, 15) is 18.3 Å². The average Bonchev–Trinajstić information content (AvgIpc) is 0.819. The van der Waals surface area contributed by atoms with Crippen LogP contribution in [0.1, 0.15) is 0 Å². The van der Waals surface area contributed by atoms with Crippen molar-refractivity contribution in [3.05, 3.63) is 364 Å². The summed E-state index contributed by atoms with van der Waals surface area (Å²) in [5.74, 6) is 0. The molecule has 12 aromatic rings. The summed E-state index contributed by atoms with van der Waals surface area (Å²) in [5.41, 5.74) is 0. The Labute approximate surface area is 569 Å². The van der Waals surface area contributed by atoms with Crippen molar-refractivity contribution in [1.82, 2.24) is 0 Å². The Bertz CT molecular complexity index is 3240. The Morgan fingerprint density at radius 2 is 0.215 bits per heavy atom. The first-order chi connectivity index (χ1) is 43.3. The molecule has 476 valence electrons. The van der Waals surface area contributed by atoms with Gasteiger partial charge in [-0.05, 0) is 0 Å². The van der Waals surface area contributed by atoms with Crippen LogP contribution in [0.15, 0.2) is 364 Å². The van der Waals surface area contributed by atoms with Crippen molar-refractivity contribution < 1.29 is 118 Å². The van der Waals surface area contributed by atoms with E-state index in [1.165, 1.54) is 0 Å². The van der Waals surface area contributed by atoms with Gasteiger partial charge in [-0.15, -0.1) is 20.5 Å². The van der Waals surface area contributed by atoms with Crippen molar-refractivity contribution >= 4 is 92.2 Å². The maximum Gasteiger partial charge on any atom is 0.171 e. The fraction of sp³-hybridized carbons (Fsp3) is 0. The standard InChI is InChI=1S/4C18H15OP.2ClHO4.2O.U/c4*19-20(16-10-4-1-5-11-16,17-12-6-2-7-13-17)18-14-8-3-9-15-18;2*2-1(3,4)5;;;/h4*1-15H;2*(H,2,3,4,5);;;/q;;;;;;2*-2;/p-2. The maximum atomic E-state index is 13.8. The molecule has 0 spiro atoms. The third-order valence-corrected chi connectivity index (χ3v) is 25.7. The summed E-state index contributed by atoms with van der Waals surface area (Å²) in [6.07, 6.45) is 0. The number of rotatable bonds is 12. The zero-order valence-electron chi connectivity index (χ0n) is 49.4. The molecule has 12 rings (SSSR count). The molecule has 0 aliphatic heterocycles. The monoisotopic (exact) mass is 1580 g/mol. The van der Waals surface area contributed by atoms with Gasteiger partial charge >= 0.3 is 0 Å². The SMILES string of the molecule is O=P(c1ccccc1)(c1ccccc1)c1ccccc1.O=P(c1ccccc1)(c1ccccc1)c1ccccc1.O=P(c1ccccc1)(c1ccccc1)c1ccccc1.O=P(c1ccccc1)(c1ccccc1)c1ccccc1.[O-2].[O-2].[O-][Cl+3]([O-])([O-])[O-].[O-][Cl+3]([O-])([O-])[O-].[U]. The van der Waals surface area contributed by atoms with Crippen LogP contribution in [0.3, 0.4) is 0 Å². The van der Waals surface area contributed by atoms with Gasteiger partial charge < -0.3 is 29.2 Å². The van der Waals surface area contributed by atoms with Gasteiger partial charge in [0, 0.05) is 94.8 Å². The molecular weight excluding hydrogens is 1520 g/mol. The normalized spacial score (nSPS) is 10.9. The molecule has 12 aromatic carbocycles. The van der Waals surface area contributed by atoms with Crippen molar-refractivity contribution in [2.24, 2.45) is 0 Å². The summed E-state index contributed by atoms with van der Waals surface area (Å²) in [6, 6.07) is 117. The fourth-order valence-electron chi connectivity index (χ4n) is 9.44. The first-order valence-electron chi connectivity index (χ1n) is 27.6. The van der Waals surface area contributed by atoms with E-state index in [-0.39, 0.29) is 42.1 Å². The summed E-state index contributed by atoms with van der Waals surface area (Å²) in [4.78, 5) is 0. The molecule has 0 heterocycles. The zero-order valence-corrected chi connectivity index (χ0v) is 58.7. The van der Waals surface area contributed by atoms with Gasteiger partial charge in [0.25, 0.3) is 0 Å². The minimum atomic E-state index is -4.94. The molecule has 0 saturated carbocycles. The molecule has 0 aromatic heterocycles. The molecule has 0 radical (unpaired) electrons. The van der Waals surface area contributed by atoms with E-state index < -0.39 is 49.1 Å². The third kappa shape index (κ3) is 22.5. The van der Waals surface area contributed by atoms with Gasteiger partial charge in [-0.25, -0.2) is 37.3 Å². The van der Waals surface area contributed by atoms with Crippen LogP contribution in [0.4, 0.5) is 0 Å². The summed E-state index contributed by atoms with van der Waals surface area (Å²) in [7, 11) is -21.0. The molecular formula is C72H60Cl2O14P4U-6. The molecule has 0 saturated heterocycles. The van der Waals surface area contributed by atoms with Crippen LogP contribution >= 0.6 is 28.6 Å². The molecule has 21 heteroatoms. The smallest absolute Gasteiger partial charge is 0.171 e. The topological polar surface area (TPSA) is 310 Å². The first kappa shape index (κ1) is 78.2. The average molecular weight is 1580 g/mol. The Morgan fingerprint density at radius 1 is 0.161 bits per heavy atom. The Balaban J connectivity index is 0.000000249. The van der Waals surface area contributed by atoms with Crippen LogP contribution in [0.2, 0.25) is 0 Å². The largest absolute Gasteiger partial charge is 2.00 e. The predicted octanol–water partition coefficient (Wildman–Crippen LogP) is 3.55. The van der Waals surface area contributed by atoms with Crippen LogP contribution in [0.5, 0.6) is 0 Å². The number of halogens is 2. The summed E-state index contributed by atoms with van der Waals surface area (Å²) in [5, 5.41) is 10.5. The van der Waals surface area contributed by atoms with E-state index in [0.29, 0.717) is 0 Å². The van der Waals surface area contributed by atoms with E-state index in [4.69, 9.17) is 37.3 Å². The molecule has 0 unspecified atom stereocenters. The van der Waals surface area contributed by atoms with Gasteiger partial charge in [-0.2, -0.15) is 0 Å². The minimum absolute atomic E-state index is 0. The first-order valence-corrected chi connectivity index (χ1v) is 36.9. The zero-order chi connectivity index (χ0) is 64.4. The van der Waals surface area contributed by atoms with E-state index in [1.807, 2.05) is 364 Å². The molecule has 0 aliphatic carbocycles. The Hall–Kier alpha value is -7.21. The summed E-state index contributed by atoms with van der Waals surface area (Å²) in [6.45, 7) is 0. The van der Waals surface area contributed by atoms with Gasteiger partial charge in [-0.1, -0.05) is 364 Å². The molecule has 0 fully saturated rings. The van der Waals surface area contributed by atoms with Crippen LogP contribution in [-0.2, 0) is 29.2 Å².